The SMILES string of the molecule is Cc1c(NCc2cccc(C#N)c2)cccc1C(N)=O. The van der Waals surface area contributed by atoms with Crippen molar-refractivity contribution < 1.29 is 4.79 Å². The van der Waals surface area contributed by atoms with Crippen LogP contribution in [0, 0.1) is 18.3 Å². The standard InChI is InChI=1S/C16H15N3O/c1-11-14(16(18)20)6-3-7-15(11)19-10-13-5-2-4-12(8-13)9-17/h2-8,19H,10H2,1H3,(H2,18,20). The number of carbonyl (C=O) groups excluding carboxylic acids is 1. The summed E-state index contributed by atoms with van der Waals surface area (Å²) in [4.78, 5) is 11.3. The molecule has 0 aliphatic carbocycles. The number of carbonyl (C=O) groups is 1. The van der Waals surface area contributed by atoms with Crippen LogP contribution in [-0.4, -0.2) is 5.91 Å². The number of benzene rings is 2. The minimum Gasteiger partial charge on any atom is -0.381 e. The Morgan fingerprint density at radius 1 is 1.30 bits per heavy atom. The largest absolute Gasteiger partial charge is 0.381 e. The van der Waals surface area contributed by atoms with Crippen molar-refractivity contribution in [3.05, 3.63) is 64.7 Å². The first-order valence-corrected chi connectivity index (χ1v) is 6.24. The molecule has 0 aliphatic rings. The fourth-order valence-corrected chi connectivity index (χ4v) is 2.04. The molecule has 4 nitrogen and oxygen atoms in total. The Hall–Kier alpha value is -2.80. The van der Waals surface area contributed by atoms with Crippen LogP contribution in [-0.2, 0) is 6.54 Å². The number of nitrogens with two attached hydrogens (primary N) is 1. The molecule has 1 amide bonds. The fourth-order valence-electron chi connectivity index (χ4n) is 2.04. The van der Waals surface area contributed by atoms with Gasteiger partial charge < -0.3 is 11.1 Å². The van der Waals surface area contributed by atoms with Crippen LogP contribution >= 0.6 is 0 Å². The number of anilines is 1. The highest BCUT2D eigenvalue weighted by Gasteiger charge is 2.08. The number of amides is 1. The highest BCUT2D eigenvalue weighted by Crippen LogP contribution is 2.19. The van der Waals surface area contributed by atoms with E-state index in [4.69, 9.17) is 11.0 Å². The van der Waals surface area contributed by atoms with Gasteiger partial charge >= 0.3 is 0 Å². The number of nitriles is 1. The van der Waals surface area contributed by atoms with E-state index in [2.05, 4.69) is 11.4 Å². The van der Waals surface area contributed by atoms with Gasteiger partial charge in [0.1, 0.15) is 0 Å². The Morgan fingerprint density at radius 2 is 2.05 bits per heavy atom. The molecule has 2 aromatic carbocycles. The predicted octanol–water partition coefficient (Wildman–Crippen LogP) is 2.58. The van der Waals surface area contributed by atoms with Crippen LogP contribution in [0.5, 0.6) is 0 Å². The third kappa shape index (κ3) is 2.96. The van der Waals surface area contributed by atoms with Crippen molar-refractivity contribution >= 4 is 11.6 Å². The van der Waals surface area contributed by atoms with Gasteiger partial charge in [0.15, 0.2) is 0 Å². The Labute approximate surface area is 117 Å². The number of rotatable bonds is 4. The topological polar surface area (TPSA) is 78.9 Å². The van der Waals surface area contributed by atoms with Crippen LogP contribution < -0.4 is 11.1 Å². The van der Waals surface area contributed by atoms with Crippen LogP contribution in [0.2, 0.25) is 0 Å². The molecule has 0 saturated heterocycles. The summed E-state index contributed by atoms with van der Waals surface area (Å²) in [6.45, 7) is 2.44. The lowest BCUT2D eigenvalue weighted by Crippen LogP contribution is -2.13. The molecule has 2 aromatic rings. The fraction of sp³-hybridized carbons (Fsp3) is 0.125. The minimum absolute atomic E-state index is 0.433. The molecule has 0 radical (unpaired) electrons. The molecule has 0 aromatic heterocycles. The van der Waals surface area contributed by atoms with Crippen molar-refractivity contribution in [3.8, 4) is 6.07 Å². The smallest absolute Gasteiger partial charge is 0.249 e. The molecule has 3 N–H and O–H groups in total. The van der Waals surface area contributed by atoms with Crippen LogP contribution in [0.3, 0.4) is 0 Å². The number of hydrogen-bond donors (Lipinski definition) is 2. The third-order valence-electron chi connectivity index (χ3n) is 3.14. The van der Waals surface area contributed by atoms with Crippen molar-refractivity contribution in [1.29, 1.82) is 5.26 Å². The summed E-state index contributed by atoms with van der Waals surface area (Å²) in [6.07, 6.45) is 0. The summed E-state index contributed by atoms with van der Waals surface area (Å²) in [5, 5.41) is 12.1. The second-order valence-corrected chi connectivity index (χ2v) is 4.51. The lowest BCUT2D eigenvalue weighted by Gasteiger charge is -2.12. The molecule has 100 valence electrons. The molecular weight excluding hydrogens is 250 g/mol. The van der Waals surface area contributed by atoms with Crippen LogP contribution in [0.1, 0.15) is 27.0 Å². The van der Waals surface area contributed by atoms with E-state index >= 15 is 0 Å². The van der Waals surface area contributed by atoms with E-state index in [0.717, 1.165) is 16.8 Å². The second-order valence-electron chi connectivity index (χ2n) is 4.51. The molecule has 0 bridgehead atoms. The van der Waals surface area contributed by atoms with E-state index in [1.165, 1.54) is 0 Å². The number of primary amides is 1. The van der Waals surface area contributed by atoms with Crippen LogP contribution in [0.4, 0.5) is 5.69 Å². The molecule has 0 spiro atoms. The Bertz CT molecular complexity index is 686. The zero-order chi connectivity index (χ0) is 14.5. The molecular formula is C16H15N3O. The number of nitrogens with zero attached hydrogens (tertiary/aromatic N) is 1. The van der Waals surface area contributed by atoms with Crippen LogP contribution in [0.25, 0.3) is 0 Å². The number of hydrogen-bond acceptors (Lipinski definition) is 3. The van der Waals surface area contributed by atoms with Gasteiger partial charge in [-0.05, 0) is 42.3 Å². The molecule has 0 fully saturated rings. The Morgan fingerprint density at radius 3 is 2.75 bits per heavy atom. The van der Waals surface area contributed by atoms with Gasteiger partial charge in [0.2, 0.25) is 5.91 Å². The molecule has 0 unspecified atom stereocenters. The molecule has 0 heterocycles. The Kier molecular flexibility index (Phi) is 4.02. The van der Waals surface area contributed by atoms with Gasteiger partial charge in [-0.15, -0.1) is 0 Å². The van der Waals surface area contributed by atoms with Crippen molar-refractivity contribution in [2.24, 2.45) is 5.73 Å². The molecule has 2 rings (SSSR count). The molecule has 0 aliphatic heterocycles. The maximum absolute atomic E-state index is 11.3. The summed E-state index contributed by atoms with van der Waals surface area (Å²) in [6, 6.07) is 14.9. The molecule has 20 heavy (non-hydrogen) atoms. The van der Waals surface area contributed by atoms with E-state index in [0.29, 0.717) is 17.7 Å². The average molecular weight is 265 g/mol. The van der Waals surface area contributed by atoms with Crippen molar-refractivity contribution in [2.45, 2.75) is 13.5 Å². The zero-order valence-electron chi connectivity index (χ0n) is 11.2. The molecule has 4 heteroatoms. The van der Waals surface area contributed by atoms with E-state index in [9.17, 15) is 4.79 Å². The second kappa shape index (κ2) is 5.89. The monoisotopic (exact) mass is 265 g/mol. The van der Waals surface area contributed by atoms with Crippen molar-refractivity contribution in [3.63, 3.8) is 0 Å². The minimum atomic E-state index is -0.433. The first kappa shape index (κ1) is 13.6. The maximum atomic E-state index is 11.3. The summed E-state index contributed by atoms with van der Waals surface area (Å²) in [5.74, 6) is -0.433. The van der Waals surface area contributed by atoms with Gasteiger partial charge in [-0.25, -0.2) is 0 Å². The quantitative estimate of drug-likeness (QED) is 0.891. The first-order chi connectivity index (χ1) is 9.61. The number of nitrogens with one attached hydrogen (secondary N) is 1. The van der Waals surface area contributed by atoms with Gasteiger partial charge in [0, 0.05) is 17.8 Å². The van der Waals surface area contributed by atoms with E-state index in [1.54, 1.807) is 18.2 Å². The van der Waals surface area contributed by atoms with Crippen LogP contribution in [0.15, 0.2) is 42.5 Å². The maximum Gasteiger partial charge on any atom is 0.249 e. The Balaban J connectivity index is 2.17. The van der Waals surface area contributed by atoms with Gasteiger partial charge in [-0.2, -0.15) is 5.26 Å². The normalized spacial score (nSPS) is 9.80. The summed E-state index contributed by atoms with van der Waals surface area (Å²) < 4.78 is 0. The predicted molar refractivity (Wildman–Crippen MR) is 78.2 cm³/mol. The zero-order valence-corrected chi connectivity index (χ0v) is 11.2. The van der Waals surface area contributed by atoms with Crippen molar-refractivity contribution in [1.82, 2.24) is 0 Å². The molecule has 0 atom stereocenters. The third-order valence-corrected chi connectivity index (χ3v) is 3.14. The summed E-state index contributed by atoms with van der Waals surface area (Å²) in [7, 11) is 0. The summed E-state index contributed by atoms with van der Waals surface area (Å²) in [5.41, 5.74) is 9.17. The van der Waals surface area contributed by atoms with E-state index in [1.807, 2.05) is 31.2 Å². The average Bonchev–Trinajstić information content (AvgIpc) is 2.46. The first-order valence-electron chi connectivity index (χ1n) is 6.24. The lowest BCUT2D eigenvalue weighted by molar-refractivity contribution is 0.1000. The van der Waals surface area contributed by atoms with Gasteiger partial charge in [-0.3, -0.25) is 4.79 Å². The highest BCUT2D eigenvalue weighted by molar-refractivity contribution is 5.95. The summed E-state index contributed by atoms with van der Waals surface area (Å²) >= 11 is 0. The molecule has 0 saturated carbocycles. The van der Waals surface area contributed by atoms with E-state index < -0.39 is 5.91 Å². The van der Waals surface area contributed by atoms with Crippen molar-refractivity contribution in [2.75, 3.05) is 5.32 Å². The highest BCUT2D eigenvalue weighted by atomic mass is 16.1. The van der Waals surface area contributed by atoms with Gasteiger partial charge in [-0.1, -0.05) is 18.2 Å². The van der Waals surface area contributed by atoms with Gasteiger partial charge in [0.25, 0.3) is 0 Å². The van der Waals surface area contributed by atoms with Gasteiger partial charge in [0.05, 0.1) is 11.6 Å². The van der Waals surface area contributed by atoms with E-state index in [-0.39, 0.29) is 0 Å². The lowest BCUT2D eigenvalue weighted by atomic mass is 10.1.